The fourth-order valence-corrected chi connectivity index (χ4v) is 5.11. The SMILES string of the molecule is COc1ccc(OCCOC2(OC)CCCCC2)c(CN(C(C)=O)c2cc(F)ccc2Cc2ccccc2)c1. The molecule has 3 aromatic rings. The van der Waals surface area contributed by atoms with E-state index in [1.165, 1.54) is 25.5 Å². The monoisotopic (exact) mass is 535 g/mol. The summed E-state index contributed by atoms with van der Waals surface area (Å²) >= 11 is 0. The van der Waals surface area contributed by atoms with Crippen LogP contribution in [-0.4, -0.2) is 39.1 Å². The van der Waals surface area contributed by atoms with Crippen molar-refractivity contribution in [3.8, 4) is 11.5 Å². The van der Waals surface area contributed by atoms with Crippen LogP contribution in [0.4, 0.5) is 10.1 Å². The van der Waals surface area contributed by atoms with Gasteiger partial charge in [-0.15, -0.1) is 0 Å². The van der Waals surface area contributed by atoms with E-state index in [9.17, 15) is 9.18 Å². The van der Waals surface area contributed by atoms with Crippen LogP contribution in [-0.2, 0) is 27.2 Å². The highest BCUT2D eigenvalue weighted by atomic mass is 19.1. The van der Waals surface area contributed by atoms with Crippen molar-refractivity contribution in [2.45, 2.75) is 57.8 Å². The van der Waals surface area contributed by atoms with Crippen molar-refractivity contribution in [1.29, 1.82) is 0 Å². The van der Waals surface area contributed by atoms with Gasteiger partial charge in [0.2, 0.25) is 5.91 Å². The lowest BCUT2D eigenvalue weighted by Crippen LogP contribution is -2.38. The van der Waals surface area contributed by atoms with Crippen LogP contribution in [0, 0.1) is 5.82 Å². The molecule has 4 rings (SSSR count). The molecule has 39 heavy (non-hydrogen) atoms. The molecule has 0 aliphatic heterocycles. The van der Waals surface area contributed by atoms with Crippen molar-refractivity contribution in [1.82, 2.24) is 0 Å². The van der Waals surface area contributed by atoms with Crippen LogP contribution < -0.4 is 14.4 Å². The van der Waals surface area contributed by atoms with Gasteiger partial charge < -0.3 is 23.8 Å². The van der Waals surface area contributed by atoms with E-state index >= 15 is 0 Å². The van der Waals surface area contributed by atoms with Gasteiger partial charge in [0.1, 0.15) is 23.9 Å². The molecular weight excluding hydrogens is 497 g/mol. The average Bonchev–Trinajstić information content (AvgIpc) is 2.96. The topological polar surface area (TPSA) is 57.2 Å². The van der Waals surface area contributed by atoms with Gasteiger partial charge in [-0.2, -0.15) is 0 Å². The maximum absolute atomic E-state index is 14.5. The molecule has 0 radical (unpaired) electrons. The van der Waals surface area contributed by atoms with Crippen LogP contribution in [0.25, 0.3) is 0 Å². The quantitative estimate of drug-likeness (QED) is 0.191. The van der Waals surface area contributed by atoms with Crippen LogP contribution >= 0.6 is 0 Å². The number of carbonyl (C=O) groups is 1. The zero-order valence-corrected chi connectivity index (χ0v) is 23.1. The molecule has 0 saturated heterocycles. The van der Waals surface area contributed by atoms with Gasteiger partial charge in [-0.1, -0.05) is 42.8 Å². The number of hydrogen-bond donors (Lipinski definition) is 0. The second kappa shape index (κ2) is 13.6. The molecular formula is C32H38FNO5. The summed E-state index contributed by atoms with van der Waals surface area (Å²) in [7, 11) is 3.29. The number of amides is 1. The Kier molecular flexibility index (Phi) is 9.96. The van der Waals surface area contributed by atoms with E-state index in [1.807, 2.05) is 48.5 Å². The molecule has 0 aromatic heterocycles. The van der Waals surface area contributed by atoms with Gasteiger partial charge in [0.15, 0.2) is 5.79 Å². The van der Waals surface area contributed by atoms with Gasteiger partial charge in [0.25, 0.3) is 0 Å². The number of benzene rings is 3. The Balaban J connectivity index is 1.54. The predicted molar refractivity (Wildman–Crippen MR) is 150 cm³/mol. The molecule has 1 aliphatic rings. The second-order valence-electron chi connectivity index (χ2n) is 9.89. The standard InChI is InChI=1S/C32H38FNO5/c1-24(35)34(30-22-28(33)13-12-26(30)20-25-10-6-4-7-11-25)23-27-21-29(36-2)14-15-31(27)38-18-19-39-32(37-3)16-8-5-9-17-32/h4,6-7,10-15,21-22H,5,8-9,16-20,23H2,1-3H3. The van der Waals surface area contributed by atoms with Crippen LogP contribution in [0.3, 0.4) is 0 Å². The summed E-state index contributed by atoms with van der Waals surface area (Å²) in [5.41, 5.74) is 3.21. The minimum Gasteiger partial charge on any atom is -0.497 e. The van der Waals surface area contributed by atoms with Crippen molar-refractivity contribution in [2.24, 2.45) is 0 Å². The van der Waals surface area contributed by atoms with E-state index in [1.54, 1.807) is 25.2 Å². The highest BCUT2D eigenvalue weighted by Gasteiger charge is 2.32. The normalized spacial score (nSPS) is 14.6. The molecule has 208 valence electrons. The van der Waals surface area contributed by atoms with Crippen LogP contribution in [0.1, 0.15) is 55.7 Å². The van der Waals surface area contributed by atoms with E-state index < -0.39 is 11.6 Å². The molecule has 0 atom stereocenters. The van der Waals surface area contributed by atoms with E-state index in [-0.39, 0.29) is 12.5 Å². The number of hydrogen-bond acceptors (Lipinski definition) is 5. The molecule has 0 bridgehead atoms. The fourth-order valence-electron chi connectivity index (χ4n) is 5.11. The lowest BCUT2D eigenvalue weighted by atomic mass is 9.94. The molecule has 1 fully saturated rings. The molecule has 6 nitrogen and oxygen atoms in total. The van der Waals surface area contributed by atoms with Crippen LogP contribution in [0.5, 0.6) is 11.5 Å². The van der Waals surface area contributed by atoms with Crippen molar-refractivity contribution < 1.29 is 28.1 Å². The van der Waals surface area contributed by atoms with Crippen molar-refractivity contribution in [2.75, 3.05) is 32.3 Å². The van der Waals surface area contributed by atoms with E-state index in [0.717, 1.165) is 42.4 Å². The summed E-state index contributed by atoms with van der Waals surface area (Å²) in [6, 6.07) is 20.0. The van der Waals surface area contributed by atoms with Crippen molar-refractivity contribution >= 4 is 11.6 Å². The highest BCUT2D eigenvalue weighted by molar-refractivity contribution is 5.92. The molecule has 1 aliphatic carbocycles. The maximum Gasteiger partial charge on any atom is 0.224 e. The van der Waals surface area contributed by atoms with Crippen LogP contribution in [0.2, 0.25) is 0 Å². The number of nitrogens with zero attached hydrogens (tertiary/aromatic N) is 1. The molecule has 1 amide bonds. The Morgan fingerprint density at radius 2 is 1.69 bits per heavy atom. The number of rotatable bonds is 12. The first-order chi connectivity index (χ1) is 18.9. The fraction of sp³-hybridized carbons (Fsp3) is 0.406. The van der Waals surface area contributed by atoms with Gasteiger partial charge in [0.05, 0.1) is 25.9 Å². The summed E-state index contributed by atoms with van der Waals surface area (Å²) < 4.78 is 37.9. The summed E-state index contributed by atoms with van der Waals surface area (Å²) in [6.07, 6.45) is 5.70. The summed E-state index contributed by atoms with van der Waals surface area (Å²) in [5.74, 6) is 0.110. The largest absolute Gasteiger partial charge is 0.497 e. The molecule has 0 heterocycles. The van der Waals surface area contributed by atoms with Gasteiger partial charge in [-0.25, -0.2) is 4.39 Å². The van der Waals surface area contributed by atoms with Crippen molar-refractivity contribution in [3.63, 3.8) is 0 Å². The summed E-state index contributed by atoms with van der Waals surface area (Å²) in [4.78, 5) is 14.5. The minimum absolute atomic E-state index is 0.190. The lowest BCUT2D eigenvalue weighted by Gasteiger charge is -2.35. The molecule has 3 aromatic carbocycles. The highest BCUT2D eigenvalue weighted by Crippen LogP contribution is 2.33. The summed E-state index contributed by atoms with van der Waals surface area (Å²) in [6.45, 7) is 2.38. The van der Waals surface area contributed by atoms with Gasteiger partial charge >= 0.3 is 0 Å². The summed E-state index contributed by atoms with van der Waals surface area (Å²) in [5, 5.41) is 0. The van der Waals surface area contributed by atoms with Gasteiger partial charge in [0, 0.05) is 32.4 Å². The molecule has 0 spiro atoms. The average molecular weight is 536 g/mol. The smallest absolute Gasteiger partial charge is 0.224 e. The van der Waals surface area contributed by atoms with E-state index in [2.05, 4.69) is 0 Å². The number of carbonyl (C=O) groups excluding carboxylic acids is 1. The zero-order chi connectivity index (χ0) is 27.7. The van der Waals surface area contributed by atoms with E-state index in [0.29, 0.717) is 36.8 Å². The molecule has 0 N–H and O–H groups in total. The first-order valence-corrected chi connectivity index (χ1v) is 13.5. The third-order valence-electron chi connectivity index (χ3n) is 7.25. The third kappa shape index (κ3) is 7.58. The van der Waals surface area contributed by atoms with Crippen molar-refractivity contribution in [3.05, 3.63) is 89.2 Å². The Morgan fingerprint density at radius 3 is 2.38 bits per heavy atom. The van der Waals surface area contributed by atoms with Crippen LogP contribution in [0.15, 0.2) is 66.7 Å². The third-order valence-corrected chi connectivity index (χ3v) is 7.25. The number of methoxy groups -OCH3 is 2. The van der Waals surface area contributed by atoms with E-state index in [4.69, 9.17) is 18.9 Å². The predicted octanol–water partition coefficient (Wildman–Crippen LogP) is 6.68. The lowest BCUT2D eigenvalue weighted by molar-refractivity contribution is -0.240. The number of anilines is 1. The maximum atomic E-state index is 14.5. The first kappa shape index (κ1) is 28.6. The molecule has 7 heteroatoms. The van der Waals surface area contributed by atoms with Gasteiger partial charge in [-0.05, 0) is 60.7 Å². The molecule has 0 unspecified atom stereocenters. The second-order valence-corrected chi connectivity index (χ2v) is 9.89. The number of halogens is 1. The minimum atomic E-state index is -0.539. The molecule has 1 saturated carbocycles. The number of ether oxygens (including phenoxy) is 4. The zero-order valence-electron chi connectivity index (χ0n) is 23.1. The first-order valence-electron chi connectivity index (χ1n) is 13.5. The Morgan fingerprint density at radius 1 is 0.923 bits per heavy atom. The Bertz CT molecular complexity index is 1230. The Labute approximate surface area is 230 Å². The Hall–Kier alpha value is -3.42. The van der Waals surface area contributed by atoms with Gasteiger partial charge in [-0.3, -0.25) is 4.79 Å².